The van der Waals surface area contributed by atoms with Crippen LogP contribution in [0.1, 0.15) is 16.7 Å². The molecule has 3 heteroatoms. The van der Waals surface area contributed by atoms with Gasteiger partial charge in [-0.2, -0.15) is 0 Å². The highest BCUT2D eigenvalue weighted by atomic mass is 16.2. The third-order valence-corrected chi connectivity index (χ3v) is 3.40. The van der Waals surface area contributed by atoms with Crippen LogP contribution in [-0.2, 0) is 17.8 Å². The molecule has 3 nitrogen and oxygen atoms in total. The largest absolute Gasteiger partial charge is 0.399 e. The molecule has 0 radical (unpaired) electrons. The summed E-state index contributed by atoms with van der Waals surface area (Å²) in [4.78, 5) is 14.0. The molecule has 0 aliphatic carbocycles. The van der Waals surface area contributed by atoms with E-state index in [0.29, 0.717) is 18.7 Å². The zero-order chi connectivity index (χ0) is 14.5. The van der Waals surface area contributed by atoms with Crippen LogP contribution in [0.5, 0.6) is 0 Å². The van der Waals surface area contributed by atoms with Gasteiger partial charge in [0.2, 0.25) is 5.91 Å². The molecule has 0 saturated carbocycles. The summed E-state index contributed by atoms with van der Waals surface area (Å²) in [5.74, 6) is 0.0962. The quantitative estimate of drug-likeness (QED) is 0.867. The van der Waals surface area contributed by atoms with Gasteiger partial charge in [0.25, 0.3) is 0 Å². The molecule has 0 bridgehead atoms. The van der Waals surface area contributed by atoms with Gasteiger partial charge in [-0.15, -0.1) is 0 Å². The summed E-state index contributed by atoms with van der Waals surface area (Å²) in [6.45, 7) is 2.69. The van der Waals surface area contributed by atoms with Crippen LogP contribution in [0.25, 0.3) is 0 Å². The van der Waals surface area contributed by atoms with Gasteiger partial charge in [0, 0.05) is 19.3 Å². The molecule has 0 aromatic heterocycles. The third kappa shape index (κ3) is 3.60. The molecule has 2 rings (SSSR count). The Morgan fingerprint density at radius 2 is 1.90 bits per heavy atom. The Hall–Kier alpha value is -2.29. The lowest BCUT2D eigenvalue weighted by Gasteiger charge is -2.18. The van der Waals surface area contributed by atoms with Gasteiger partial charge in [0.05, 0.1) is 6.42 Å². The van der Waals surface area contributed by atoms with E-state index in [4.69, 9.17) is 5.73 Å². The van der Waals surface area contributed by atoms with Crippen molar-refractivity contribution in [2.45, 2.75) is 19.9 Å². The SMILES string of the molecule is Cc1ccccc1CN(C)C(=O)Cc1cccc(N)c1. The van der Waals surface area contributed by atoms with Crippen molar-refractivity contribution in [1.29, 1.82) is 0 Å². The summed E-state index contributed by atoms with van der Waals surface area (Å²) >= 11 is 0. The van der Waals surface area contributed by atoms with Crippen molar-refractivity contribution < 1.29 is 4.79 Å². The monoisotopic (exact) mass is 268 g/mol. The van der Waals surface area contributed by atoms with Crippen molar-refractivity contribution >= 4 is 11.6 Å². The van der Waals surface area contributed by atoms with Crippen LogP contribution in [-0.4, -0.2) is 17.9 Å². The molecule has 1 amide bonds. The number of likely N-dealkylation sites (N-methyl/N-ethyl adjacent to an activating group) is 1. The number of aryl methyl sites for hydroxylation is 1. The lowest BCUT2D eigenvalue weighted by atomic mass is 10.1. The molecular weight excluding hydrogens is 248 g/mol. The molecule has 20 heavy (non-hydrogen) atoms. The van der Waals surface area contributed by atoms with Crippen LogP contribution in [0.3, 0.4) is 0 Å². The number of rotatable bonds is 4. The van der Waals surface area contributed by atoms with E-state index in [1.54, 1.807) is 4.90 Å². The average Bonchev–Trinajstić information content (AvgIpc) is 2.41. The number of carbonyl (C=O) groups excluding carboxylic acids is 1. The van der Waals surface area contributed by atoms with E-state index >= 15 is 0 Å². The number of amides is 1. The van der Waals surface area contributed by atoms with Crippen molar-refractivity contribution in [2.75, 3.05) is 12.8 Å². The standard InChI is InChI=1S/C17H20N2O/c1-13-6-3-4-8-15(13)12-19(2)17(20)11-14-7-5-9-16(18)10-14/h3-10H,11-12,18H2,1-2H3. The number of nitrogen functional groups attached to an aromatic ring is 1. The summed E-state index contributed by atoms with van der Waals surface area (Å²) < 4.78 is 0. The average molecular weight is 268 g/mol. The van der Waals surface area contributed by atoms with Gasteiger partial charge in [0.1, 0.15) is 0 Å². The first-order valence-electron chi connectivity index (χ1n) is 6.69. The van der Waals surface area contributed by atoms with E-state index < -0.39 is 0 Å². The predicted octanol–water partition coefficient (Wildman–Crippen LogP) is 2.78. The Bertz CT molecular complexity index is 607. The van der Waals surface area contributed by atoms with Crippen LogP contribution in [0.2, 0.25) is 0 Å². The fourth-order valence-corrected chi connectivity index (χ4v) is 2.14. The Labute approximate surface area is 120 Å². The topological polar surface area (TPSA) is 46.3 Å². The summed E-state index contributed by atoms with van der Waals surface area (Å²) in [5, 5.41) is 0. The zero-order valence-electron chi connectivity index (χ0n) is 12.0. The molecule has 0 saturated heterocycles. The van der Waals surface area contributed by atoms with Crippen molar-refractivity contribution in [2.24, 2.45) is 0 Å². The van der Waals surface area contributed by atoms with Crippen LogP contribution in [0, 0.1) is 6.92 Å². The van der Waals surface area contributed by atoms with E-state index in [9.17, 15) is 4.79 Å². The Morgan fingerprint density at radius 1 is 1.15 bits per heavy atom. The maximum Gasteiger partial charge on any atom is 0.227 e. The van der Waals surface area contributed by atoms with Crippen LogP contribution >= 0.6 is 0 Å². The van der Waals surface area contributed by atoms with Crippen LogP contribution in [0.4, 0.5) is 5.69 Å². The number of nitrogens with zero attached hydrogens (tertiary/aromatic N) is 1. The normalized spacial score (nSPS) is 10.3. The first-order valence-corrected chi connectivity index (χ1v) is 6.69. The number of anilines is 1. The number of hydrogen-bond donors (Lipinski definition) is 1. The first-order chi connectivity index (χ1) is 9.56. The number of nitrogens with two attached hydrogens (primary N) is 1. The summed E-state index contributed by atoms with van der Waals surface area (Å²) in [6.07, 6.45) is 0.382. The van der Waals surface area contributed by atoms with E-state index in [1.807, 2.05) is 43.4 Å². The highest BCUT2D eigenvalue weighted by Crippen LogP contribution is 2.12. The number of carbonyl (C=O) groups is 1. The van der Waals surface area contributed by atoms with E-state index in [1.165, 1.54) is 11.1 Å². The van der Waals surface area contributed by atoms with Gasteiger partial charge in [-0.1, -0.05) is 36.4 Å². The Morgan fingerprint density at radius 3 is 2.60 bits per heavy atom. The lowest BCUT2D eigenvalue weighted by Crippen LogP contribution is -2.28. The van der Waals surface area contributed by atoms with E-state index in [-0.39, 0.29) is 5.91 Å². The van der Waals surface area contributed by atoms with Gasteiger partial charge in [-0.3, -0.25) is 4.79 Å². The molecule has 2 aromatic carbocycles. The van der Waals surface area contributed by atoms with E-state index in [2.05, 4.69) is 19.1 Å². The number of benzene rings is 2. The van der Waals surface area contributed by atoms with E-state index in [0.717, 1.165) is 5.56 Å². The Kier molecular flexibility index (Phi) is 4.41. The Balaban J connectivity index is 2.01. The van der Waals surface area contributed by atoms with Crippen molar-refractivity contribution in [3.8, 4) is 0 Å². The fourth-order valence-electron chi connectivity index (χ4n) is 2.14. The minimum Gasteiger partial charge on any atom is -0.399 e. The second kappa shape index (κ2) is 6.24. The summed E-state index contributed by atoms with van der Waals surface area (Å²) in [5.41, 5.74) is 9.75. The van der Waals surface area contributed by atoms with Crippen molar-refractivity contribution in [1.82, 2.24) is 4.90 Å². The third-order valence-electron chi connectivity index (χ3n) is 3.40. The van der Waals surface area contributed by atoms with Crippen LogP contribution in [0.15, 0.2) is 48.5 Å². The second-order valence-electron chi connectivity index (χ2n) is 5.10. The van der Waals surface area contributed by atoms with Crippen molar-refractivity contribution in [3.05, 3.63) is 65.2 Å². The van der Waals surface area contributed by atoms with Gasteiger partial charge in [0.15, 0.2) is 0 Å². The molecule has 0 aliphatic heterocycles. The van der Waals surface area contributed by atoms with Crippen molar-refractivity contribution in [3.63, 3.8) is 0 Å². The summed E-state index contributed by atoms with van der Waals surface area (Å²) in [7, 11) is 1.83. The molecule has 104 valence electrons. The van der Waals surface area contributed by atoms with Crippen LogP contribution < -0.4 is 5.73 Å². The van der Waals surface area contributed by atoms with Gasteiger partial charge < -0.3 is 10.6 Å². The minimum atomic E-state index is 0.0962. The van der Waals surface area contributed by atoms with Gasteiger partial charge >= 0.3 is 0 Å². The highest BCUT2D eigenvalue weighted by Gasteiger charge is 2.11. The van der Waals surface area contributed by atoms with Gasteiger partial charge in [-0.25, -0.2) is 0 Å². The molecule has 0 heterocycles. The second-order valence-corrected chi connectivity index (χ2v) is 5.10. The molecule has 2 N–H and O–H groups in total. The molecule has 0 fully saturated rings. The first kappa shape index (κ1) is 14.1. The smallest absolute Gasteiger partial charge is 0.227 e. The molecule has 0 spiro atoms. The summed E-state index contributed by atoms with van der Waals surface area (Å²) in [6, 6.07) is 15.6. The maximum atomic E-state index is 12.2. The number of hydrogen-bond acceptors (Lipinski definition) is 2. The maximum absolute atomic E-state index is 12.2. The molecular formula is C17H20N2O. The predicted molar refractivity (Wildman–Crippen MR) is 82.2 cm³/mol. The lowest BCUT2D eigenvalue weighted by molar-refractivity contribution is -0.129. The highest BCUT2D eigenvalue weighted by molar-refractivity contribution is 5.78. The zero-order valence-corrected chi connectivity index (χ0v) is 12.0. The molecule has 2 aromatic rings. The van der Waals surface area contributed by atoms with Gasteiger partial charge in [-0.05, 0) is 35.7 Å². The molecule has 0 aliphatic rings. The molecule has 0 unspecified atom stereocenters. The minimum absolute atomic E-state index is 0.0962. The fraction of sp³-hybridized carbons (Fsp3) is 0.235. The molecule has 0 atom stereocenters.